The van der Waals surface area contributed by atoms with Crippen molar-refractivity contribution < 1.29 is 19.2 Å². The van der Waals surface area contributed by atoms with Crippen LogP contribution in [0.5, 0.6) is 5.75 Å². The largest absolute Gasteiger partial charge is 0.493 e. The van der Waals surface area contributed by atoms with Gasteiger partial charge in [0, 0.05) is 24.4 Å². The van der Waals surface area contributed by atoms with Crippen LogP contribution < -0.4 is 10.1 Å². The van der Waals surface area contributed by atoms with E-state index in [1.165, 1.54) is 12.1 Å². The number of hydrogen-bond acceptors (Lipinski definition) is 6. The van der Waals surface area contributed by atoms with E-state index in [-0.39, 0.29) is 18.1 Å². The van der Waals surface area contributed by atoms with Crippen LogP contribution in [-0.2, 0) is 9.53 Å². The molecule has 0 saturated heterocycles. The Morgan fingerprint density at radius 2 is 2.10 bits per heavy atom. The summed E-state index contributed by atoms with van der Waals surface area (Å²) in [5, 5.41) is 13.9. The van der Waals surface area contributed by atoms with Gasteiger partial charge in [-0.2, -0.15) is 0 Å². The third-order valence-corrected chi connectivity index (χ3v) is 2.54. The predicted molar refractivity (Wildman–Crippen MR) is 78.6 cm³/mol. The molecule has 0 aliphatic rings. The average molecular weight is 296 g/mol. The van der Waals surface area contributed by atoms with Crippen LogP contribution in [0.15, 0.2) is 18.2 Å². The molecule has 7 nitrogen and oxygen atoms in total. The second kappa shape index (κ2) is 8.78. The monoisotopic (exact) mass is 296 g/mol. The van der Waals surface area contributed by atoms with E-state index in [4.69, 9.17) is 9.47 Å². The van der Waals surface area contributed by atoms with E-state index >= 15 is 0 Å². The molecule has 21 heavy (non-hydrogen) atoms. The Kier molecular flexibility index (Phi) is 7.00. The number of nitro groups is 1. The van der Waals surface area contributed by atoms with Gasteiger partial charge >= 0.3 is 5.97 Å². The van der Waals surface area contributed by atoms with Crippen molar-refractivity contribution in [3.05, 3.63) is 28.3 Å². The molecule has 0 aromatic heterocycles. The molecule has 1 aromatic rings. The van der Waals surface area contributed by atoms with Gasteiger partial charge < -0.3 is 14.8 Å². The Hall–Kier alpha value is -2.31. The Morgan fingerprint density at radius 3 is 2.71 bits per heavy atom. The number of esters is 1. The van der Waals surface area contributed by atoms with Gasteiger partial charge in [0.05, 0.1) is 30.6 Å². The lowest BCUT2D eigenvalue weighted by atomic mass is 10.2. The quantitative estimate of drug-likeness (QED) is 0.428. The van der Waals surface area contributed by atoms with Gasteiger partial charge in [-0.1, -0.05) is 6.92 Å². The average Bonchev–Trinajstić information content (AvgIpc) is 2.45. The zero-order chi connectivity index (χ0) is 15.7. The first-order chi connectivity index (χ1) is 10.1. The molecule has 7 heteroatoms. The van der Waals surface area contributed by atoms with Gasteiger partial charge in [-0.05, 0) is 13.3 Å². The maximum Gasteiger partial charge on any atom is 0.307 e. The molecule has 1 aromatic carbocycles. The van der Waals surface area contributed by atoms with E-state index in [1.54, 1.807) is 13.0 Å². The number of carbonyl (C=O) groups is 1. The van der Waals surface area contributed by atoms with Crippen LogP contribution in [0, 0.1) is 10.1 Å². The van der Waals surface area contributed by atoms with Crippen LogP contribution in [0.3, 0.4) is 0 Å². The number of carbonyl (C=O) groups excluding carboxylic acids is 1. The van der Waals surface area contributed by atoms with Gasteiger partial charge in [0.25, 0.3) is 5.69 Å². The fourth-order valence-electron chi connectivity index (χ4n) is 1.64. The van der Waals surface area contributed by atoms with E-state index in [1.807, 2.05) is 6.92 Å². The van der Waals surface area contributed by atoms with Crippen molar-refractivity contribution in [3.63, 3.8) is 0 Å². The molecule has 0 bridgehead atoms. The molecule has 0 radical (unpaired) electrons. The van der Waals surface area contributed by atoms with Gasteiger partial charge in [-0.15, -0.1) is 0 Å². The summed E-state index contributed by atoms with van der Waals surface area (Å²) >= 11 is 0. The van der Waals surface area contributed by atoms with Gasteiger partial charge in [-0.25, -0.2) is 0 Å². The molecule has 0 atom stereocenters. The highest BCUT2D eigenvalue weighted by Gasteiger charge is 2.11. The minimum atomic E-state index is -0.477. The van der Waals surface area contributed by atoms with E-state index in [9.17, 15) is 14.9 Å². The van der Waals surface area contributed by atoms with Gasteiger partial charge in [0.2, 0.25) is 0 Å². The molecule has 0 amide bonds. The normalized spacial score (nSPS) is 10.0. The summed E-state index contributed by atoms with van der Waals surface area (Å²) in [6.07, 6.45) is 1.01. The molecular weight excluding hydrogens is 276 g/mol. The summed E-state index contributed by atoms with van der Waals surface area (Å²) in [5.74, 6) is 0.127. The first-order valence-corrected chi connectivity index (χ1v) is 6.88. The first-order valence-electron chi connectivity index (χ1n) is 6.88. The number of rotatable bonds is 9. The fraction of sp³-hybridized carbons (Fsp3) is 0.500. The molecule has 0 spiro atoms. The number of hydrogen-bond donors (Lipinski definition) is 1. The minimum Gasteiger partial charge on any atom is -0.493 e. The standard InChI is InChI=1S/C14H20N2O5/c1-3-7-21-13-9-11(8-12(10-13)16(18)19)15-6-5-14(17)20-4-2/h8-10,15H,3-7H2,1-2H3. The maximum atomic E-state index is 11.2. The van der Waals surface area contributed by atoms with Crippen molar-refractivity contribution in [1.82, 2.24) is 0 Å². The van der Waals surface area contributed by atoms with Crippen LogP contribution in [0.25, 0.3) is 0 Å². The summed E-state index contributed by atoms with van der Waals surface area (Å²) in [6.45, 7) is 4.86. The summed E-state index contributed by atoms with van der Waals surface area (Å²) in [6, 6.07) is 4.46. The minimum absolute atomic E-state index is 0.0535. The molecule has 0 heterocycles. The molecule has 1 N–H and O–H groups in total. The highest BCUT2D eigenvalue weighted by Crippen LogP contribution is 2.26. The Balaban J connectivity index is 2.69. The topological polar surface area (TPSA) is 90.7 Å². The Morgan fingerprint density at radius 1 is 1.33 bits per heavy atom. The molecule has 0 fully saturated rings. The second-order valence-electron chi connectivity index (χ2n) is 4.30. The molecule has 1 rings (SSSR count). The molecular formula is C14H20N2O5. The smallest absolute Gasteiger partial charge is 0.307 e. The number of nitrogens with zero attached hydrogens (tertiary/aromatic N) is 1. The van der Waals surface area contributed by atoms with E-state index in [0.717, 1.165) is 6.42 Å². The predicted octanol–water partition coefficient (Wildman–Crippen LogP) is 2.75. The second-order valence-corrected chi connectivity index (χ2v) is 4.30. The number of non-ortho nitro benzene ring substituents is 1. The Labute approximate surface area is 123 Å². The molecule has 0 unspecified atom stereocenters. The summed E-state index contributed by atoms with van der Waals surface area (Å²) in [7, 11) is 0. The van der Waals surface area contributed by atoms with Crippen LogP contribution in [0.1, 0.15) is 26.7 Å². The van der Waals surface area contributed by atoms with Crippen molar-refractivity contribution in [1.29, 1.82) is 0 Å². The lowest BCUT2D eigenvalue weighted by Gasteiger charge is -2.09. The van der Waals surface area contributed by atoms with Crippen LogP contribution in [-0.4, -0.2) is 30.7 Å². The number of nitrogens with one attached hydrogen (secondary N) is 1. The van der Waals surface area contributed by atoms with E-state index < -0.39 is 4.92 Å². The lowest BCUT2D eigenvalue weighted by molar-refractivity contribution is -0.384. The Bertz CT molecular complexity index is 490. The van der Waals surface area contributed by atoms with Crippen LogP contribution in [0.4, 0.5) is 11.4 Å². The molecule has 0 saturated carbocycles. The maximum absolute atomic E-state index is 11.2. The van der Waals surface area contributed by atoms with Crippen molar-refractivity contribution in [2.75, 3.05) is 25.1 Å². The van der Waals surface area contributed by atoms with Gasteiger partial charge in [0.15, 0.2) is 0 Å². The SMILES string of the molecule is CCCOc1cc(NCCC(=O)OCC)cc([N+](=O)[O-])c1. The first kappa shape index (κ1) is 16.7. The number of nitro benzene ring substituents is 1. The van der Waals surface area contributed by atoms with Crippen molar-refractivity contribution >= 4 is 17.3 Å². The van der Waals surface area contributed by atoms with Crippen LogP contribution in [0.2, 0.25) is 0 Å². The van der Waals surface area contributed by atoms with Crippen molar-refractivity contribution in [2.45, 2.75) is 26.7 Å². The number of benzene rings is 1. The zero-order valence-electron chi connectivity index (χ0n) is 12.3. The highest BCUT2D eigenvalue weighted by molar-refractivity contribution is 5.70. The van der Waals surface area contributed by atoms with E-state index in [0.29, 0.717) is 31.2 Å². The van der Waals surface area contributed by atoms with Crippen LogP contribution >= 0.6 is 0 Å². The zero-order valence-corrected chi connectivity index (χ0v) is 12.3. The molecule has 116 valence electrons. The molecule has 0 aliphatic carbocycles. The summed E-state index contributed by atoms with van der Waals surface area (Å²) in [5.41, 5.74) is 0.488. The molecule has 0 aliphatic heterocycles. The lowest BCUT2D eigenvalue weighted by Crippen LogP contribution is -2.11. The van der Waals surface area contributed by atoms with E-state index in [2.05, 4.69) is 5.32 Å². The third-order valence-electron chi connectivity index (χ3n) is 2.54. The van der Waals surface area contributed by atoms with Crippen molar-refractivity contribution in [3.8, 4) is 5.75 Å². The van der Waals surface area contributed by atoms with Gasteiger partial charge in [0.1, 0.15) is 5.75 Å². The third kappa shape index (κ3) is 6.11. The summed E-state index contributed by atoms with van der Waals surface area (Å²) < 4.78 is 10.2. The fourth-order valence-corrected chi connectivity index (χ4v) is 1.64. The summed E-state index contributed by atoms with van der Waals surface area (Å²) in [4.78, 5) is 21.6. The van der Waals surface area contributed by atoms with Crippen molar-refractivity contribution in [2.24, 2.45) is 0 Å². The number of ether oxygens (including phenoxy) is 2. The highest BCUT2D eigenvalue weighted by atomic mass is 16.6. The number of anilines is 1. The van der Waals surface area contributed by atoms with Gasteiger partial charge in [-0.3, -0.25) is 14.9 Å².